The lowest BCUT2D eigenvalue weighted by molar-refractivity contribution is -0.120. The molecule has 1 aliphatic heterocycles. The standard InChI is InChI=1S/C22H20ClNO4S/c23-20-10-11-21(19-9-5-4-8-18(19)20)28-14-22(25)24(16-6-2-1-3-7-16)17-12-13-29(26,27)15-17/h1-11,17H,12-15H2/t17-/m0/s1. The molecule has 1 heterocycles. The zero-order valence-electron chi connectivity index (χ0n) is 15.6. The Balaban J connectivity index is 1.59. The SMILES string of the molecule is O=C(COc1ccc(Cl)c2ccccc12)N(c1ccccc1)[C@H]1CCS(=O)(=O)C1. The molecule has 1 amide bonds. The third-order valence-electron chi connectivity index (χ3n) is 5.06. The summed E-state index contributed by atoms with van der Waals surface area (Å²) in [6.45, 7) is -0.197. The number of para-hydroxylation sites is 1. The van der Waals surface area contributed by atoms with Crippen LogP contribution >= 0.6 is 11.6 Å². The van der Waals surface area contributed by atoms with Gasteiger partial charge in [0.2, 0.25) is 0 Å². The van der Waals surface area contributed by atoms with Gasteiger partial charge in [0, 0.05) is 21.5 Å². The van der Waals surface area contributed by atoms with E-state index in [1.54, 1.807) is 29.2 Å². The van der Waals surface area contributed by atoms with Gasteiger partial charge >= 0.3 is 0 Å². The summed E-state index contributed by atoms with van der Waals surface area (Å²) in [5.41, 5.74) is 0.671. The lowest BCUT2D eigenvalue weighted by Crippen LogP contribution is -2.43. The minimum Gasteiger partial charge on any atom is -0.483 e. The lowest BCUT2D eigenvalue weighted by Gasteiger charge is -2.28. The summed E-state index contributed by atoms with van der Waals surface area (Å²) >= 11 is 6.25. The fourth-order valence-electron chi connectivity index (χ4n) is 3.70. The van der Waals surface area contributed by atoms with Crippen molar-refractivity contribution in [1.29, 1.82) is 0 Å². The number of ether oxygens (including phenoxy) is 1. The fraction of sp³-hybridized carbons (Fsp3) is 0.227. The number of anilines is 1. The van der Waals surface area contributed by atoms with Gasteiger partial charge in [-0.3, -0.25) is 4.79 Å². The van der Waals surface area contributed by atoms with Crippen LogP contribution in [0, 0.1) is 0 Å². The summed E-state index contributed by atoms with van der Waals surface area (Å²) in [6.07, 6.45) is 0.423. The van der Waals surface area contributed by atoms with Crippen molar-refractivity contribution in [2.45, 2.75) is 12.5 Å². The second-order valence-corrected chi connectivity index (χ2v) is 9.67. The Labute approximate surface area is 174 Å². The molecule has 1 aliphatic rings. The molecule has 0 radical (unpaired) electrons. The Morgan fingerprint density at radius 2 is 1.69 bits per heavy atom. The Bertz CT molecular complexity index is 1150. The fourth-order valence-corrected chi connectivity index (χ4v) is 5.62. The number of sulfone groups is 1. The Hall–Kier alpha value is -2.57. The number of benzene rings is 3. The molecule has 0 unspecified atom stereocenters. The first-order chi connectivity index (χ1) is 13.9. The van der Waals surface area contributed by atoms with E-state index in [9.17, 15) is 13.2 Å². The van der Waals surface area contributed by atoms with Crippen LogP contribution in [0.15, 0.2) is 66.7 Å². The average Bonchev–Trinajstić information content (AvgIpc) is 3.08. The van der Waals surface area contributed by atoms with E-state index in [1.807, 2.05) is 42.5 Å². The summed E-state index contributed by atoms with van der Waals surface area (Å²) in [6, 6.07) is 19.8. The highest BCUT2D eigenvalue weighted by molar-refractivity contribution is 7.91. The van der Waals surface area contributed by atoms with Gasteiger partial charge in [0.15, 0.2) is 16.4 Å². The average molecular weight is 430 g/mol. The van der Waals surface area contributed by atoms with Crippen molar-refractivity contribution >= 4 is 43.8 Å². The predicted molar refractivity (Wildman–Crippen MR) is 115 cm³/mol. The number of fused-ring (bicyclic) bond motifs is 1. The van der Waals surface area contributed by atoms with Crippen molar-refractivity contribution in [3.63, 3.8) is 0 Å². The topological polar surface area (TPSA) is 63.7 Å². The zero-order valence-corrected chi connectivity index (χ0v) is 17.2. The van der Waals surface area contributed by atoms with E-state index < -0.39 is 9.84 Å². The van der Waals surface area contributed by atoms with Gasteiger partial charge in [-0.05, 0) is 30.7 Å². The molecule has 5 nitrogen and oxygen atoms in total. The lowest BCUT2D eigenvalue weighted by atomic mass is 10.1. The molecule has 1 fully saturated rings. The van der Waals surface area contributed by atoms with Gasteiger partial charge < -0.3 is 9.64 Å². The first-order valence-corrected chi connectivity index (χ1v) is 11.5. The van der Waals surface area contributed by atoms with E-state index in [4.69, 9.17) is 16.3 Å². The van der Waals surface area contributed by atoms with Gasteiger partial charge in [0.05, 0.1) is 17.5 Å². The summed E-state index contributed by atoms with van der Waals surface area (Å²) in [5, 5.41) is 2.28. The molecule has 0 aliphatic carbocycles. The summed E-state index contributed by atoms with van der Waals surface area (Å²) < 4.78 is 29.8. The second kappa shape index (κ2) is 8.05. The van der Waals surface area contributed by atoms with Crippen molar-refractivity contribution in [3.05, 3.63) is 71.8 Å². The minimum atomic E-state index is -3.13. The van der Waals surface area contributed by atoms with Crippen molar-refractivity contribution < 1.29 is 17.9 Å². The molecule has 0 N–H and O–H groups in total. The van der Waals surface area contributed by atoms with Crippen LogP contribution in [0.3, 0.4) is 0 Å². The molecule has 3 aromatic carbocycles. The third kappa shape index (κ3) is 4.23. The third-order valence-corrected chi connectivity index (χ3v) is 7.14. The normalized spacial score (nSPS) is 17.9. The van der Waals surface area contributed by atoms with Gasteiger partial charge in [-0.1, -0.05) is 54.1 Å². The molecule has 1 atom stereocenters. The quantitative estimate of drug-likeness (QED) is 0.612. The first kappa shape index (κ1) is 19.7. The molecule has 0 aromatic heterocycles. The summed E-state index contributed by atoms with van der Waals surface area (Å²) in [7, 11) is -3.13. The zero-order chi connectivity index (χ0) is 20.4. The van der Waals surface area contributed by atoms with Crippen LogP contribution in [-0.4, -0.2) is 38.5 Å². The smallest absolute Gasteiger partial charge is 0.265 e. The highest BCUT2D eigenvalue weighted by atomic mass is 35.5. The van der Waals surface area contributed by atoms with Crippen LogP contribution in [0.1, 0.15) is 6.42 Å². The number of carbonyl (C=O) groups excluding carboxylic acids is 1. The number of hydrogen-bond acceptors (Lipinski definition) is 4. The largest absolute Gasteiger partial charge is 0.483 e. The monoisotopic (exact) mass is 429 g/mol. The minimum absolute atomic E-state index is 0.0302. The Kier molecular flexibility index (Phi) is 5.48. The summed E-state index contributed by atoms with van der Waals surface area (Å²) in [4.78, 5) is 14.7. The van der Waals surface area contributed by atoms with Crippen molar-refractivity contribution in [1.82, 2.24) is 0 Å². The molecule has 0 bridgehead atoms. The van der Waals surface area contributed by atoms with E-state index in [0.717, 1.165) is 10.8 Å². The Morgan fingerprint density at radius 1 is 1.00 bits per heavy atom. The highest BCUT2D eigenvalue weighted by Crippen LogP contribution is 2.31. The molecular formula is C22H20ClNO4S. The van der Waals surface area contributed by atoms with Crippen LogP contribution in [0.2, 0.25) is 5.02 Å². The highest BCUT2D eigenvalue weighted by Gasteiger charge is 2.35. The van der Waals surface area contributed by atoms with Gasteiger partial charge in [-0.15, -0.1) is 0 Å². The van der Waals surface area contributed by atoms with E-state index in [0.29, 0.717) is 22.9 Å². The van der Waals surface area contributed by atoms with Gasteiger partial charge in [0.1, 0.15) is 5.75 Å². The molecule has 4 rings (SSSR count). The molecule has 0 spiro atoms. The number of rotatable bonds is 5. The number of nitrogens with zero attached hydrogens (tertiary/aromatic N) is 1. The van der Waals surface area contributed by atoms with Crippen molar-refractivity contribution in [2.24, 2.45) is 0 Å². The van der Waals surface area contributed by atoms with Crippen LogP contribution < -0.4 is 9.64 Å². The van der Waals surface area contributed by atoms with Gasteiger partial charge in [0.25, 0.3) is 5.91 Å². The van der Waals surface area contributed by atoms with Crippen LogP contribution in [0.4, 0.5) is 5.69 Å². The van der Waals surface area contributed by atoms with Crippen molar-refractivity contribution in [2.75, 3.05) is 23.0 Å². The maximum Gasteiger partial charge on any atom is 0.265 e. The number of carbonyl (C=O) groups is 1. The predicted octanol–water partition coefficient (Wildman–Crippen LogP) is 4.09. The summed E-state index contributed by atoms with van der Waals surface area (Å²) in [5.74, 6) is 0.344. The number of hydrogen-bond donors (Lipinski definition) is 0. The Morgan fingerprint density at radius 3 is 2.38 bits per heavy atom. The molecule has 29 heavy (non-hydrogen) atoms. The molecule has 3 aromatic rings. The van der Waals surface area contributed by atoms with E-state index in [-0.39, 0.29) is 30.1 Å². The van der Waals surface area contributed by atoms with Crippen LogP contribution in [0.25, 0.3) is 10.8 Å². The van der Waals surface area contributed by atoms with Gasteiger partial charge in [-0.25, -0.2) is 8.42 Å². The number of halogens is 1. The molecule has 1 saturated heterocycles. The maximum absolute atomic E-state index is 13.1. The second-order valence-electron chi connectivity index (χ2n) is 7.04. The van der Waals surface area contributed by atoms with Crippen LogP contribution in [0.5, 0.6) is 5.75 Å². The van der Waals surface area contributed by atoms with E-state index in [2.05, 4.69) is 0 Å². The molecule has 7 heteroatoms. The molecule has 150 valence electrons. The first-order valence-electron chi connectivity index (χ1n) is 9.32. The number of amides is 1. The van der Waals surface area contributed by atoms with Crippen molar-refractivity contribution in [3.8, 4) is 5.75 Å². The maximum atomic E-state index is 13.1. The van der Waals surface area contributed by atoms with Crippen LogP contribution in [-0.2, 0) is 14.6 Å². The van der Waals surface area contributed by atoms with E-state index >= 15 is 0 Å². The molecule has 0 saturated carbocycles. The van der Waals surface area contributed by atoms with E-state index in [1.165, 1.54) is 0 Å². The molecular weight excluding hydrogens is 410 g/mol. The van der Waals surface area contributed by atoms with Gasteiger partial charge in [-0.2, -0.15) is 0 Å².